The zero-order chi connectivity index (χ0) is 18.2. The fourth-order valence-electron chi connectivity index (χ4n) is 2.21. The van der Waals surface area contributed by atoms with Crippen molar-refractivity contribution < 1.29 is 14.3 Å². The fraction of sp³-hybridized carbons (Fsp3) is 0.421. The van der Waals surface area contributed by atoms with Crippen molar-refractivity contribution in [3.8, 4) is 11.3 Å². The van der Waals surface area contributed by atoms with E-state index in [9.17, 15) is 9.59 Å². The Labute approximate surface area is 152 Å². The summed E-state index contributed by atoms with van der Waals surface area (Å²) in [7, 11) is 0. The Hall–Kier alpha value is -2.21. The number of aryl methyl sites for hydroxylation is 1. The summed E-state index contributed by atoms with van der Waals surface area (Å²) < 4.78 is 5.13. The molecule has 0 aliphatic heterocycles. The summed E-state index contributed by atoms with van der Waals surface area (Å²) in [5.74, 6) is -0.715. The lowest BCUT2D eigenvalue weighted by atomic mass is 10.1. The van der Waals surface area contributed by atoms with Gasteiger partial charge in [0.15, 0.2) is 11.2 Å². The first-order valence-corrected chi connectivity index (χ1v) is 9.46. The average molecular weight is 360 g/mol. The van der Waals surface area contributed by atoms with Gasteiger partial charge < -0.3 is 4.74 Å². The van der Waals surface area contributed by atoms with Gasteiger partial charge in [0.05, 0.1) is 5.69 Å². The number of ether oxygens (including phenoxy) is 1. The van der Waals surface area contributed by atoms with Gasteiger partial charge in [0, 0.05) is 17.4 Å². The number of amides is 1. The Bertz CT molecular complexity index is 710. The maximum absolute atomic E-state index is 12.1. The van der Waals surface area contributed by atoms with Gasteiger partial charge in [0.2, 0.25) is 0 Å². The third kappa shape index (κ3) is 5.67. The number of esters is 1. The number of carbonyl (C=O) groups excluding carboxylic acids is 2. The van der Waals surface area contributed by atoms with Gasteiger partial charge in [-0.05, 0) is 25.3 Å². The minimum atomic E-state index is -0.833. The van der Waals surface area contributed by atoms with E-state index in [1.54, 1.807) is 6.92 Å². The van der Waals surface area contributed by atoms with Crippen LogP contribution in [0.2, 0.25) is 0 Å². The number of hydrogen-bond acceptors (Lipinski definition) is 5. The van der Waals surface area contributed by atoms with Crippen molar-refractivity contribution in [2.24, 2.45) is 0 Å². The third-order valence-electron chi connectivity index (χ3n) is 3.80. The molecular weight excluding hydrogens is 336 g/mol. The highest BCUT2D eigenvalue weighted by Crippen LogP contribution is 2.25. The Kier molecular flexibility index (Phi) is 7.13. The molecule has 25 heavy (non-hydrogen) atoms. The van der Waals surface area contributed by atoms with Crippen LogP contribution >= 0.6 is 11.3 Å². The number of aromatic nitrogens is 1. The van der Waals surface area contributed by atoms with Crippen molar-refractivity contribution in [1.82, 2.24) is 4.98 Å². The number of nitrogens with one attached hydrogen (secondary N) is 1. The highest BCUT2D eigenvalue weighted by molar-refractivity contribution is 7.14. The van der Waals surface area contributed by atoms with Gasteiger partial charge in [-0.1, -0.05) is 44.5 Å². The van der Waals surface area contributed by atoms with Gasteiger partial charge in [-0.25, -0.2) is 4.98 Å². The number of anilines is 1. The van der Waals surface area contributed by atoms with Crippen LogP contribution in [0.3, 0.4) is 0 Å². The number of hydrogen-bond donors (Lipinski definition) is 1. The molecular formula is C19H24N2O3S. The maximum atomic E-state index is 12.1. The normalized spacial score (nSPS) is 11.8. The second-order valence-electron chi connectivity index (χ2n) is 5.81. The Morgan fingerprint density at radius 3 is 2.60 bits per heavy atom. The minimum absolute atomic E-state index is 0.337. The standard InChI is InChI=1S/C19H24N2O3S/c1-4-6-7-17(22)24-13(3)18(23)21-19-20-16(12-25-19)15-10-8-14(5-2)9-11-15/h8-13H,4-7H2,1-3H3,(H,20,21,23). The third-order valence-corrected chi connectivity index (χ3v) is 4.56. The van der Waals surface area contributed by atoms with Crippen LogP contribution in [0.25, 0.3) is 11.3 Å². The zero-order valence-electron chi connectivity index (χ0n) is 14.9. The van der Waals surface area contributed by atoms with Crippen LogP contribution in [0.15, 0.2) is 29.6 Å². The second-order valence-corrected chi connectivity index (χ2v) is 6.67. The van der Waals surface area contributed by atoms with Gasteiger partial charge in [0.1, 0.15) is 0 Å². The van der Waals surface area contributed by atoms with Crippen molar-refractivity contribution in [2.75, 3.05) is 5.32 Å². The fourth-order valence-corrected chi connectivity index (χ4v) is 2.94. The molecule has 0 aliphatic carbocycles. The quantitative estimate of drug-likeness (QED) is 0.707. The highest BCUT2D eigenvalue weighted by Gasteiger charge is 2.19. The van der Waals surface area contributed by atoms with Crippen LogP contribution in [-0.2, 0) is 20.7 Å². The Morgan fingerprint density at radius 1 is 1.24 bits per heavy atom. The molecule has 1 heterocycles. The first-order chi connectivity index (χ1) is 12.0. The number of carbonyl (C=O) groups is 2. The lowest BCUT2D eigenvalue weighted by Crippen LogP contribution is -2.29. The van der Waals surface area contributed by atoms with Crippen molar-refractivity contribution in [1.29, 1.82) is 0 Å². The highest BCUT2D eigenvalue weighted by atomic mass is 32.1. The van der Waals surface area contributed by atoms with Crippen LogP contribution in [0.4, 0.5) is 5.13 Å². The van der Waals surface area contributed by atoms with Gasteiger partial charge >= 0.3 is 5.97 Å². The van der Waals surface area contributed by atoms with E-state index < -0.39 is 6.10 Å². The lowest BCUT2D eigenvalue weighted by molar-refractivity contribution is -0.153. The number of rotatable bonds is 8. The second kappa shape index (κ2) is 9.32. The average Bonchev–Trinajstić information content (AvgIpc) is 3.08. The molecule has 6 heteroatoms. The number of unbranched alkanes of at least 4 members (excludes halogenated alkanes) is 1. The molecule has 0 radical (unpaired) electrons. The first kappa shape index (κ1) is 19.1. The number of benzene rings is 1. The molecule has 0 saturated heterocycles. The Balaban J connectivity index is 1.93. The van der Waals surface area contributed by atoms with Crippen LogP contribution in [0, 0.1) is 0 Å². The molecule has 0 bridgehead atoms. The predicted octanol–water partition coefficient (Wildman–Crippen LogP) is 4.43. The largest absolute Gasteiger partial charge is 0.453 e. The van der Waals surface area contributed by atoms with Gasteiger partial charge in [0.25, 0.3) is 5.91 Å². The summed E-state index contributed by atoms with van der Waals surface area (Å²) in [6.45, 7) is 5.68. The summed E-state index contributed by atoms with van der Waals surface area (Å²) in [4.78, 5) is 28.2. The smallest absolute Gasteiger partial charge is 0.306 e. The van der Waals surface area contributed by atoms with E-state index in [1.807, 2.05) is 24.4 Å². The maximum Gasteiger partial charge on any atom is 0.306 e. The molecule has 0 fully saturated rings. The topological polar surface area (TPSA) is 68.3 Å². The van der Waals surface area contributed by atoms with Crippen molar-refractivity contribution >= 4 is 28.3 Å². The molecule has 2 aromatic rings. The zero-order valence-corrected chi connectivity index (χ0v) is 15.7. The summed E-state index contributed by atoms with van der Waals surface area (Å²) >= 11 is 1.35. The molecule has 1 atom stereocenters. The van der Waals surface area contributed by atoms with Crippen molar-refractivity contribution in [3.05, 3.63) is 35.2 Å². The molecule has 0 aliphatic rings. The monoisotopic (exact) mass is 360 g/mol. The van der Waals surface area contributed by atoms with Gasteiger partial charge in [-0.3, -0.25) is 14.9 Å². The molecule has 1 aromatic heterocycles. The van der Waals surface area contributed by atoms with Crippen LogP contribution in [-0.4, -0.2) is 23.0 Å². The Morgan fingerprint density at radius 2 is 1.96 bits per heavy atom. The molecule has 1 aromatic carbocycles. The molecule has 1 N–H and O–H groups in total. The summed E-state index contributed by atoms with van der Waals surface area (Å²) in [5, 5.41) is 5.10. The molecule has 1 amide bonds. The molecule has 5 nitrogen and oxygen atoms in total. The molecule has 1 unspecified atom stereocenters. The van der Waals surface area contributed by atoms with Crippen LogP contribution in [0.5, 0.6) is 0 Å². The molecule has 134 valence electrons. The van der Waals surface area contributed by atoms with Crippen LogP contribution < -0.4 is 5.32 Å². The van der Waals surface area contributed by atoms with Gasteiger partial charge in [-0.2, -0.15) is 0 Å². The summed E-state index contributed by atoms with van der Waals surface area (Å²) in [6.07, 6.45) is 2.17. The SMILES string of the molecule is CCCCC(=O)OC(C)C(=O)Nc1nc(-c2ccc(CC)cc2)cs1. The van der Waals surface area contributed by atoms with E-state index in [4.69, 9.17) is 4.74 Å². The predicted molar refractivity (Wildman–Crippen MR) is 101 cm³/mol. The van der Waals surface area contributed by atoms with E-state index in [-0.39, 0.29) is 11.9 Å². The molecule has 2 rings (SSSR count). The van der Waals surface area contributed by atoms with E-state index in [0.29, 0.717) is 11.6 Å². The lowest BCUT2D eigenvalue weighted by Gasteiger charge is -2.12. The minimum Gasteiger partial charge on any atom is -0.453 e. The number of nitrogens with zero attached hydrogens (tertiary/aromatic N) is 1. The van der Waals surface area contributed by atoms with E-state index in [1.165, 1.54) is 16.9 Å². The van der Waals surface area contributed by atoms with Crippen LogP contribution in [0.1, 0.15) is 45.6 Å². The van der Waals surface area contributed by atoms with E-state index in [2.05, 4.69) is 29.4 Å². The summed E-state index contributed by atoms with van der Waals surface area (Å²) in [6, 6.07) is 8.20. The molecule has 0 spiro atoms. The molecule has 0 saturated carbocycles. The first-order valence-electron chi connectivity index (χ1n) is 8.58. The van der Waals surface area contributed by atoms with Crippen molar-refractivity contribution in [3.63, 3.8) is 0 Å². The van der Waals surface area contributed by atoms with E-state index in [0.717, 1.165) is 30.5 Å². The van der Waals surface area contributed by atoms with Gasteiger partial charge in [-0.15, -0.1) is 11.3 Å². The summed E-state index contributed by atoms with van der Waals surface area (Å²) in [5.41, 5.74) is 3.09. The van der Waals surface area contributed by atoms with E-state index >= 15 is 0 Å². The number of thiazole rings is 1. The van der Waals surface area contributed by atoms with Crippen molar-refractivity contribution in [2.45, 2.75) is 52.6 Å².